The number of amides is 1. The molecule has 0 aliphatic carbocycles. The predicted octanol–water partition coefficient (Wildman–Crippen LogP) is 2.93. The minimum absolute atomic E-state index is 0.271. The fourth-order valence-electron chi connectivity index (χ4n) is 2.39. The number of carbonyl (C=O) groups is 1. The summed E-state index contributed by atoms with van der Waals surface area (Å²) < 4.78 is 18.4. The molecule has 120 valence electrons. The van der Waals surface area contributed by atoms with E-state index in [0.717, 1.165) is 11.3 Å². The van der Waals surface area contributed by atoms with Crippen LogP contribution in [-0.4, -0.2) is 17.2 Å². The van der Waals surface area contributed by atoms with Crippen molar-refractivity contribution in [1.29, 1.82) is 0 Å². The van der Waals surface area contributed by atoms with Crippen molar-refractivity contribution in [2.24, 2.45) is 5.16 Å². The molecule has 0 saturated carbocycles. The number of aryl methyl sites for hydroxylation is 1. The summed E-state index contributed by atoms with van der Waals surface area (Å²) in [4.78, 5) is 17.7. The molecular formula is C17H17FN2O3. The average Bonchev–Trinajstić information content (AvgIpc) is 3.13. The van der Waals surface area contributed by atoms with Crippen LogP contribution < -0.4 is 5.32 Å². The van der Waals surface area contributed by atoms with Crippen LogP contribution in [0.4, 0.5) is 4.39 Å². The van der Waals surface area contributed by atoms with Crippen molar-refractivity contribution in [3.8, 4) is 0 Å². The number of oxime groups is 1. The van der Waals surface area contributed by atoms with E-state index in [-0.39, 0.29) is 18.3 Å². The molecule has 5 nitrogen and oxygen atoms in total. The van der Waals surface area contributed by atoms with Crippen molar-refractivity contribution in [3.63, 3.8) is 0 Å². The van der Waals surface area contributed by atoms with E-state index in [4.69, 9.17) is 9.25 Å². The van der Waals surface area contributed by atoms with Gasteiger partial charge in [-0.1, -0.05) is 17.3 Å². The third kappa shape index (κ3) is 3.26. The first-order valence-corrected chi connectivity index (χ1v) is 7.31. The smallest absolute Gasteiger partial charge is 0.267 e. The second-order valence-electron chi connectivity index (χ2n) is 5.74. The summed E-state index contributed by atoms with van der Waals surface area (Å²) in [5.41, 5.74) is 0.284. The lowest BCUT2D eigenvalue weighted by Crippen LogP contribution is -2.44. The van der Waals surface area contributed by atoms with Crippen molar-refractivity contribution in [3.05, 3.63) is 59.3 Å². The SMILES string of the molecule is Cc1ccc(CNC(=O)C2(C)CC(c3ccc(F)cc3)=NO2)o1. The molecule has 0 spiro atoms. The Hall–Kier alpha value is -2.63. The summed E-state index contributed by atoms with van der Waals surface area (Å²) >= 11 is 0. The molecule has 0 fully saturated rings. The number of halogens is 1. The third-order valence-corrected chi connectivity index (χ3v) is 3.74. The molecule has 1 aliphatic rings. The molecule has 1 aromatic heterocycles. The highest BCUT2D eigenvalue weighted by Gasteiger charge is 2.42. The summed E-state index contributed by atoms with van der Waals surface area (Å²) in [6.45, 7) is 3.81. The topological polar surface area (TPSA) is 63.8 Å². The Labute approximate surface area is 133 Å². The van der Waals surface area contributed by atoms with Gasteiger partial charge in [0, 0.05) is 6.42 Å². The summed E-state index contributed by atoms with van der Waals surface area (Å²) in [7, 11) is 0. The number of carbonyl (C=O) groups excluding carboxylic acids is 1. The van der Waals surface area contributed by atoms with Gasteiger partial charge in [-0.25, -0.2) is 4.39 Å². The molecule has 23 heavy (non-hydrogen) atoms. The van der Waals surface area contributed by atoms with Gasteiger partial charge in [-0.3, -0.25) is 4.79 Å². The van der Waals surface area contributed by atoms with Crippen LogP contribution >= 0.6 is 0 Å². The van der Waals surface area contributed by atoms with Crippen LogP contribution in [0.25, 0.3) is 0 Å². The van der Waals surface area contributed by atoms with Crippen LogP contribution in [0.1, 0.15) is 30.4 Å². The van der Waals surface area contributed by atoms with Gasteiger partial charge in [-0.15, -0.1) is 0 Å². The Morgan fingerprint density at radius 2 is 2.04 bits per heavy atom. The average molecular weight is 316 g/mol. The number of furan rings is 1. The van der Waals surface area contributed by atoms with Crippen LogP contribution in [0, 0.1) is 12.7 Å². The molecule has 1 aliphatic heterocycles. The van der Waals surface area contributed by atoms with E-state index < -0.39 is 5.60 Å². The zero-order valence-corrected chi connectivity index (χ0v) is 12.9. The summed E-state index contributed by atoms with van der Waals surface area (Å²) in [5.74, 6) is 0.881. The number of nitrogens with one attached hydrogen (secondary N) is 1. The van der Waals surface area contributed by atoms with Crippen LogP contribution in [0.3, 0.4) is 0 Å². The van der Waals surface area contributed by atoms with Crippen LogP contribution in [0.2, 0.25) is 0 Å². The van der Waals surface area contributed by atoms with Gasteiger partial charge in [-0.05, 0) is 43.7 Å². The molecule has 3 rings (SSSR count). The summed E-state index contributed by atoms with van der Waals surface area (Å²) in [5, 5.41) is 6.76. The van der Waals surface area contributed by atoms with Gasteiger partial charge in [0.25, 0.3) is 5.91 Å². The minimum Gasteiger partial charge on any atom is -0.465 e. The monoisotopic (exact) mass is 316 g/mol. The summed E-state index contributed by atoms with van der Waals surface area (Å²) in [6, 6.07) is 9.60. The molecular weight excluding hydrogens is 299 g/mol. The molecule has 2 heterocycles. The molecule has 1 unspecified atom stereocenters. The highest BCUT2D eigenvalue weighted by atomic mass is 19.1. The lowest BCUT2D eigenvalue weighted by Gasteiger charge is -2.20. The van der Waals surface area contributed by atoms with Gasteiger partial charge in [0.2, 0.25) is 5.60 Å². The molecule has 2 aromatic rings. The van der Waals surface area contributed by atoms with Gasteiger partial charge < -0.3 is 14.6 Å². The van der Waals surface area contributed by atoms with Crippen molar-refractivity contribution in [2.45, 2.75) is 32.4 Å². The van der Waals surface area contributed by atoms with Crippen molar-refractivity contribution < 1.29 is 18.4 Å². The number of rotatable bonds is 4. The first-order chi connectivity index (χ1) is 11.0. The van der Waals surface area contributed by atoms with Crippen molar-refractivity contribution >= 4 is 11.6 Å². The Morgan fingerprint density at radius 3 is 2.70 bits per heavy atom. The van der Waals surface area contributed by atoms with Gasteiger partial charge in [0.15, 0.2) is 0 Å². The van der Waals surface area contributed by atoms with Gasteiger partial charge in [0.05, 0.1) is 12.3 Å². The van der Waals surface area contributed by atoms with Crippen molar-refractivity contribution in [1.82, 2.24) is 5.32 Å². The maximum Gasteiger partial charge on any atom is 0.267 e. The molecule has 0 radical (unpaired) electrons. The Balaban J connectivity index is 1.62. The summed E-state index contributed by atoms with van der Waals surface area (Å²) in [6.07, 6.45) is 0.321. The second-order valence-corrected chi connectivity index (χ2v) is 5.74. The Bertz CT molecular complexity index is 751. The molecule has 1 N–H and O–H groups in total. The van der Waals surface area contributed by atoms with Gasteiger partial charge in [0.1, 0.15) is 17.3 Å². The van der Waals surface area contributed by atoms with Crippen molar-refractivity contribution in [2.75, 3.05) is 0 Å². The van der Waals surface area contributed by atoms with Gasteiger partial charge >= 0.3 is 0 Å². The molecule has 1 atom stereocenters. The first kappa shape index (κ1) is 15.3. The van der Waals surface area contributed by atoms with E-state index in [2.05, 4.69) is 10.5 Å². The highest BCUT2D eigenvalue weighted by Crippen LogP contribution is 2.27. The molecule has 0 saturated heterocycles. The maximum absolute atomic E-state index is 13.0. The fraction of sp³-hybridized carbons (Fsp3) is 0.294. The largest absolute Gasteiger partial charge is 0.465 e. The zero-order valence-electron chi connectivity index (χ0n) is 12.9. The second kappa shape index (κ2) is 5.87. The van der Waals surface area contributed by atoms with Crippen LogP contribution in [0.15, 0.2) is 46.0 Å². The van der Waals surface area contributed by atoms with Crippen LogP contribution in [-0.2, 0) is 16.2 Å². The molecule has 1 aromatic carbocycles. The number of nitrogens with zero attached hydrogens (tertiary/aromatic N) is 1. The standard InChI is InChI=1S/C17H17FN2O3/c1-11-3-8-14(22-11)10-19-16(21)17(2)9-15(20-23-17)12-4-6-13(18)7-5-12/h3-8H,9-10H2,1-2H3,(H,19,21). The number of hydrogen-bond donors (Lipinski definition) is 1. The van der Waals surface area contributed by atoms with E-state index in [9.17, 15) is 9.18 Å². The van der Waals surface area contributed by atoms with E-state index in [0.29, 0.717) is 17.9 Å². The highest BCUT2D eigenvalue weighted by molar-refractivity contribution is 6.05. The minimum atomic E-state index is -1.08. The van der Waals surface area contributed by atoms with E-state index in [1.54, 1.807) is 19.1 Å². The molecule has 1 amide bonds. The number of hydrogen-bond acceptors (Lipinski definition) is 4. The van der Waals surface area contributed by atoms with E-state index in [1.807, 2.05) is 19.1 Å². The Morgan fingerprint density at radius 1 is 1.30 bits per heavy atom. The lowest BCUT2D eigenvalue weighted by molar-refractivity contribution is -0.142. The molecule has 6 heteroatoms. The maximum atomic E-state index is 13.0. The molecule has 0 bridgehead atoms. The van der Waals surface area contributed by atoms with Gasteiger partial charge in [-0.2, -0.15) is 0 Å². The van der Waals surface area contributed by atoms with E-state index in [1.165, 1.54) is 12.1 Å². The Kier molecular flexibility index (Phi) is 3.90. The predicted molar refractivity (Wildman–Crippen MR) is 82.3 cm³/mol. The van der Waals surface area contributed by atoms with Crippen LogP contribution in [0.5, 0.6) is 0 Å². The van der Waals surface area contributed by atoms with E-state index >= 15 is 0 Å². The normalized spacial score (nSPS) is 20.0. The number of benzene rings is 1. The lowest BCUT2D eigenvalue weighted by atomic mass is 9.95. The fourth-order valence-corrected chi connectivity index (χ4v) is 2.39. The zero-order chi connectivity index (χ0) is 16.4. The first-order valence-electron chi connectivity index (χ1n) is 7.31. The quantitative estimate of drug-likeness (QED) is 0.943. The third-order valence-electron chi connectivity index (χ3n) is 3.74.